The van der Waals surface area contributed by atoms with Crippen molar-refractivity contribution in [2.24, 2.45) is 11.7 Å². The first-order valence-corrected chi connectivity index (χ1v) is 7.13. The van der Waals surface area contributed by atoms with Crippen molar-refractivity contribution in [3.63, 3.8) is 0 Å². The number of benzene rings is 1. The fourth-order valence-corrected chi connectivity index (χ4v) is 3.13. The third kappa shape index (κ3) is 2.30. The molecule has 3 heteroatoms. The predicted molar refractivity (Wildman–Crippen MR) is 76.8 cm³/mol. The second-order valence-electron chi connectivity index (χ2n) is 5.37. The van der Waals surface area contributed by atoms with Crippen molar-refractivity contribution in [1.82, 2.24) is 9.55 Å². The molecule has 3 rings (SSSR count). The van der Waals surface area contributed by atoms with E-state index in [0.29, 0.717) is 5.92 Å². The summed E-state index contributed by atoms with van der Waals surface area (Å²) in [6.07, 6.45) is 7.26. The largest absolute Gasteiger partial charge is 0.334 e. The molecule has 0 radical (unpaired) electrons. The second-order valence-corrected chi connectivity index (χ2v) is 5.37. The van der Waals surface area contributed by atoms with Gasteiger partial charge in [0, 0.05) is 18.9 Å². The van der Waals surface area contributed by atoms with Crippen LogP contribution in [0.15, 0.2) is 36.7 Å². The summed E-state index contributed by atoms with van der Waals surface area (Å²) in [6, 6.07) is 8.77. The number of nitrogens with two attached hydrogens (primary N) is 1. The molecule has 0 amide bonds. The first kappa shape index (κ1) is 12.4. The molecular formula is C16H21N3. The zero-order valence-corrected chi connectivity index (χ0v) is 11.4. The van der Waals surface area contributed by atoms with Gasteiger partial charge in [-0.3, -0.25) is 0 Å². The first-order valence-electron chi connectivity index (χ1n) is 7.13. The van der Waals surface area contributed by atoms with E-state index in [1.165, 1.54) is 11.1 Å². The highest BCUT2D eigenvalue weighted by atomic mass is 15.1. The van der Waals surface area contributed by atoms with Crippen molar-refractivity contribution in [3.05, 3.63) is 53.6 Å². The summed E-state index contributed by atoms with van der Waals surface area (Å²) >= 11 is 0. The van der Waals surface area contributed by atoms with Crippen molar-refractivity contribution < 1.29 is 0 Å². The molecule has 2 unspecified atom stereocenters. The van der Waals surface area contributed by atoms with Crippen LogP contribution in [0.25, 0.3) is 0 Å². The molecule has 1 aromatic carbocycles. The Labute approximate surface area is 114 Å². The van der Waals surface area contributed by atoms with Crippen LogP contribution in [0.2, 0.25) is 0 Å². The molecule has 1 aromatic heterocycles. The van der Waals surface area contributed by atoms with Crippen LogP contribution in [0.3, 0.4) is 0 Å². The molecule has 0 aliphatic heterocycles. The Balaban J connectivity index is 1.81. The minimum atomic E-state index is 0.0447. The Kier molecular flexibility index (Phi) is 3.38. The van der Waals surface area contributed by atoms with E-state index in [1.54, 1.807) is 0 Å². The summed E-state index contributed by atoms with van der Waals surface area (Å²) in [4.78, 5) is 4.46. The Morgan fingerprint density at radius 1 is 1.37 bits per heavy atom. The SMILES string of the molecule is CCn1ccnc1C(N)C1CCc2ccccc2C1. The lowest BCUT2D eigenvalue weighted by atomic mass is 9.80. The molecule has 0 saturated carbocycles. The summed E-state index contributed by atoms with van der Waals surface area (Å²) in [5, 5.41) is 0. The van der Waals surface area contributed by atoms with Gasteiger partial charge in [0.15, 0.2) is 0 Å². The summed E-state index contributed by atoms with van der Waals surface area (Å²) in [7, 11) is 0. The average Bonchev–Trinajstić information content (AvgIpc) is 2.94. The average molecular weight is 255 g/mol. The maximum Gasteiger partial charge on any atom is 0.125 e. The molecule has 0 bridgehead atoms. The minimum absolute atomic E-state index is 0.0447. The van der Waals surface area contributed by atoms with E-state index in [2.05, 4.69) is 40.7 Å². The number of imidazole rings is 1. The maximum absolute atomic E-state index is 6.46. The third-order valence-corrected chi connectivity index (χ3v) is 4.28. The molecule has 1 heterocycles. The van der Waals surface area contributed by atoms with Gasteiger partial charge in [-0.25, -0.2) is 4.98 Å². The van der Waals surface area contributed by atoms with Gasteiger partial charge in [0.1, 0.15) is 5.82 Å². The number of hydrogen-bond acceptors (Lipinski definition) is 2. The fourth-order valence-electron chi connectivity index (χ4n) is 3.13. The highest BCUT2D eigenvalue weighted by Crippen LogP contribution is 2.32. The standard InChI is InChI=1S/C16H21N3/c1-2-19-10-9-18-16(19)15(17)14-8-7-12-5-3-4-6-13(12)11-14/h3-6,9-10,14-15H,2,7-8,11,17H2,1H3. The molecule has 2 N–H and O–H groups in total. The van der Waals surface area contributed by atoms with Gasteiger partial charge in [-0.2, -0.15) is 0 Å². The van der Waals surface area contributed by atoms with Crippen LogP contribution in [0, 0.1) is 5.92 Å². The summed E-state index contributed by atoms with van der Waals surface area (Å²) in [5.74, 6) is 1.54. The van der Waals surface area contributed by atoms with Crippen LogP contribution in [0.5, 0.6) is 0 Å². The van der Waals surface area contributed by atoms with E-state index in [-0.39, 0.29) is 6.04 Å². The van der Waals surface area contributed by atoms with Crippen molar-refractivity contribution >= 4 is 0 Å². The van der Waals surface area contributed by atoms with Crippen LogP contribution >= 0.6 is 0 Å². The molecule has 2 aromatic rings. The fraction of sp³-hybridized carbons (Fsp3) is 0.438. The molecule has 3 nitrogen and oxygen atoms in total. The van der Waals surface area contributed by atoms with E-state index in [0.717, 1.165) is 31.6 Å². The highest BCUT2D eigenvalue weighted by Gasteiger charge is 2.27. The number of hydrogen-bond donors (Lipinski definition) is 1. The van der Waals surface area contributed by atoms with E-state index < -0.39 is 0 Å². The van der Waals surface area contributed by atoms with Gasteiger partial charge in [-0.05, 0) is 43.2 Å². The molecule has 2 atom stereocenters. The van der Waals surface area contributed by atoms with Gasteiger partial charge in [0.25, 0.3) is 0 Å². The predicted octanol–water partition coefficient (Wildman–Crippen LogP) is 2.71. The number of aryl methyl sites for hydroxylation is 2. The Hall–Kier alpha value is -1.61. The van der Waals surface area contributed by atoms with Crippen LogP contribution in [-0.4, -0.2) is 9.55 Å². The van der Waals surface area contributed by atoms with E-state index in [9.17, 15) is 0 Å². The Bertz CT molecular complexity index is 559. The summed E-state index contributed by atoms with van der Waals surface area (Å²) in [6.45, 7) is 3.07. The van der Waals surface area contributed by atoms with Gasteiger partial charge in [-0.1, -0.05) is 24.3 Å². The van der Waals surface area contributed by atoms with Gasteiger partial charge in [0.2, 0.25) is 0 Å². The topological polar surface area (TPSA) is 43.8 Å². The van der Waals surface area contributed by atoms with Gasteiger partial charge >= 0.3 is 0 Å². The van der Waals surface area contributed by atoms with Gasteiger partial charge in [-0.15, -0.1) is 0 Å². The van der Waals surface area contributed by atoms with E-state index in [1.807, 2.05) is 12.4 Å². The highest BCUT2D eigenvalue weighted by molar-refractivity contribution is 5.30. The molecular weight excluding hydrogens is 234 g/mol. The number of rotatable bonds is 3. The number of fused-ring (bicyclic) bond motifs is 1. The van der Waals surface area contributed by atoms with Crippen molar-refractivity contribution in [1.29, 1.82) is 0 Å². The lowest BCUT2D eigenvalue weighted by Gasteiger charge is -2.29. The van der Waals surface area contributed by atoms with Gasteiger partial charge in [0.05, 0.1) is 6.04 Å². The molecule has 0 fully saturated rings. The molecule has 100 valence electrons. The lowest BCUT2D eigenvalue weighted by Crippen LogP contribution is -2.29. The molecule has 19 heavy (non-hydrogen) atoms. The summed E-state index contributed by atoms with van der Waals surface area (Å²) < 4.78 is 2.16. The van der Waals surface area contributed by atoms with Crippen molar-refractivity contribution in [2.75, 3.05) is 0 Å². The number of aromatic nitrogens is 2. The van der Waals surface area contributed by atoms with Gasteiger partial charge < -0.3 is 10.3 Å². The zero-order chi connectivity index (χ0) is 13.2. The van der Waals surface area contributed by atoms with Crippen molar-refractivity contribution in [3.8, 4) is 0 Å². The van der Waals surface area contributed by atoms with Crippen LogP contribution in [-0.2, 0) is 19.4 Å². The second kappa shape index (κ2) is 5.17. The normalized spacial score (nSPS) is 20.0. The third-order valence-electron chi connectivity index (χ3n) is 4.28. The first-order chi connectivity index (χ1) is 9.29. The smallest absolute Gasteiger partial charge is 0.125 e. The minimum Gasteiger partial charge on any atom is -0.334 e. The van der Waals surface area contributed by atoms with E-state index in [4.69, 9.17) is 5.73 Å². The molecule has 0 saturated heterocycles. The van der Waals surface area contributed by atoms with Crippen LogP contribution in [0.1, 0.15) is 36.3 Å². The van der Waals surface area contributed by atoms with E-state index >= 15 is 0 Å². The Morgan fingerprint density at radius 3 is 2.95 bits per heavy atom. The monoisotopic (exact) mass is 255 g/mol. The maximum atomic E-state index is 6.46. The van der Waals surface area contributed by atoms with Crippen LogP contribution in [0.4, 0.5) is 0 Å². The van der Waals surface area contributed by atoms with Crippen LogP contribution < -0.4 is 5.73 Å². The zero-order valence-electron chi connectivity index (χ0n) is 11.4. The summed E-state index contributed by atoms with van der Waals surface area (Å²) in [5.41, 5.74) is 9.42. The molecule has 1 aliphatic rings. The Morgan fingerprint density at radius 2 is 2.16 bits per heavy atom. The lowest BCUT2D eigenvalue weighted by molar-refractivity contribution is 0.362. The molecule has 0 spiro atoms. The van der Waals surface area contributed by atoms with Crippen molar-refractivity contribution in [2.45, 2.75) is 38.8 Å². The number of nitrogens with zero attached hydrogens (tertiary/aromatic N) is 2. The quantitative estimate of drug-likeness (QED) is 0.916. The molecule has 1 aliphatic carbocycles.